The van der Waals surface area contributed by atoms with Gasteiger partial charge in [0.1, 0.15) is 0 Å². The summed E-state index contributed by atoms with van der Waals surface area (Å²) in [5, 5.41) is 0. The summed E-state index contributed by atoms with van der Waals surface area (Å²) in [7, 11) is 0. The van der Waals surface area contributed by atoms with Crippen molar-refractivity contribution in [1.29, 1.82) is 0 Å². The average molecular weight is 251 g/mol. The number of carbonyl (C=O) groups excluding carboxylic acids is 2. The minimum absolute atomic E-state index is 0.0710. The average Bonchev–Trinajstić information content (AvgIpc) is 2.63. The van der Waals surface area contributed by atoms with Gasteiger partial charge in [-0.1, -0.05) is 0 Å². The molecule has 1 aliphatic rings. The van der Waals surface area contributed by atoms with Crippen LogP contribution in [0.4, 0.5) is 5.69 Å². The molecule has 0 radical (unpaired) electrons. The zero-order valence-corrected chi connectivity index (χ0v) is 10.1. The summed E-state index contributed by atoms with van der Waals surface area (Å²) in [6.07, 6.45) is 3.96. The van der Waals surface area contributed by atoms with E-state index in [9.17, 15) is 9.59 Å². The van der Waals surface area contributed by atoms with Gasteiger partial charge < -0.3 is 5.73 Å². The largest absolute Gasteiger partial charge is 0.397 e. The summed E-state index contributed by atoms with van der Waals surface area (Å²) in [5.41, 5.74) is 6.36. The Labute approximate surface area is 103 Å². The summed E-state index contributed by atoms with van der Waals surface area (Å²) in [6.45, 7) is 0.449. The normalized spacial score (nSPS) is 15.6. The van der Waals surface area contributed by atoms with E-state index in [1.54, 1.807) is 12.4 Å². The molecule has 2 amide bonds. The number of carbonyl (C=O) groups is 2. The van der Waals surface area contributed by atoms with Crippen LogP contribution >= 0.6 is 11.8 Å². The predicted octanol–water partition coefficient (Wildman–Crippen LogP) is 0.905. The van der Waals surface area contributed by atoms with Gasteiger partial charge in [0.2, 0.25) is 11.8 Å². The van der Waals surface area contributed by atoms with E-state index in [1.807, 2.05) is 6.07 Å². The fourth-order valence-electron chi connectivity index (χ4n) is 1.64. The molecule has 1 aromatic heterocycles. The molecule has 2 rings (SSSR count). The Morgan fingerprint density at radius 1 is 1.35 bits per heavy atom. The van der Waals surface area contributed by atoms with Crippen molar-refractivity contribution in [3.63, 3.8) is 0 Å². The van der Waals surface area contributed by atoms with Crippen molar-refractivity contribution in [3.8, 4) is 0 Å². The topological polar surface area (TPSA) is 76.3 Å². The van der Waals surface area contributed by atoms with E-state index in [-0.39, 0.29) is 11.8 Å². The lowest BCUT2D eigenvalue weighted by molar-refractivity contribution is -0.137. The third-order valence-electron chi connectivity index (χ3n) is 2.54. The van der Waals surface area contributed by atoms with Crippen molar-refractivity contribution in [3.05, 3.63) is 18.5 Å². The van der Waals surface area contributed by atoms with Crippen LogP contribution in [0.5, 0.6) is 0 Å². The second-order valence-corrected chi connectivity index (χ2v) is 4.84. The lowest BCUT2D eigenvalue weighted by Crippen LogP contribution is -2.31. The number of imide groups is 1. The zero-order chi connectivity index (χ0) is 12.3. The minimum Gasteiger partial charge on any atom is -0.397 e. The molecule has 90 valence electrons. The van der Waals surface area contributed by atoms with E-state index >= 15 is 0 Å². The number of nitrogen functional groups attached to an aromatic ring is 1. The number of thioether (sulfide) groups is 1. The maximum atomic E-state index is 11.4. The van der Waals surface area contributed by atoms with Gasteiger partial charge in [0.05, 0.1) is 11.9 Å². The quantitative estimate of drug-likeness (QED) is 0.635. The van der Waals surface area contributed by atoms with Crippen molar-refractivity contribution in [2.45, 2.75) is 17.7 Å². The Bertz CT molecular complexity index is 434. The number of likely N-dealkylation sites (tertiary alicyclic amines) is 1. The monoisotopic (exact) mass is 251 g/mol. The van der Waals surface area contributed by atoms with Crippen LogP contribution in [-0.4, -0.2) is 34.0 Å². The van der Waals surface area contributed by atoms with Crippen LogP contribution < -0.4 is 5.73 Å². The highest BCUT2D eigenvalue weighted by Gasteiger charge is 2.28. The fraction of sp³-hybridized carbons (Fsp3) is 0.364. The summed E-state index contributed by atoms with van der Waals surface area (Å²) in [5.74, 6) is 0.516. The lowest BCUT2D eigenvalue weighted by Gasteiger charge is -2.13. The summed E-state index contributed by atoms with van der Waals surface area (Å²) < 4.78 is 0. The SMILES string of the molecule is Nc1cnccc1SCCN1C(=O)CCC1=O. The van der Waals surface area contributed by atoms with Crippen LogP contribution in [0.25, 0.3) is 0 Å². The Hall–Kier alpha value is -1.56. The number of hydrogen-bond acceptors (Lipinski definition) is 5. The zero-order valence-electron chi connectivity index (χ0n) is 9.26. The molecule has 2 N–H and O–H groups in total. The van der Waals surface area contributed by atoms with Crippen LogP contribution in [0.2, 0.25) is 0 Å². The Morgan fingerprint density at radius 2 is 2.06 bits per heavy atom. The highest BCUT2D eigenvalue weighted by Crippen LogP contribution is 2.24. The molecule has 0 bridgehead atoms. The minimum atomic E-state index is -0.0710. The number of nitrogens with zero attached hydrogens (tertiary/aromatic N) is 2. The summed E-state index contributed by atoms with van der Waals surface area (Å²) >= 11 is 1.53. The van der Waals surface area contributed by atoms with E-state index in [4.69, 9.17) is 5.73 Å². The van der Waals surface area contributed by atoms with Gasteiger partial charge in [-0.2, -0.15) is 0 Å². The van der Waals surface area contributed by atoms with Crippen molar-refractivity contribution in [2.24, 2.45) is 0 Å². The van der Waals surface area contributed by atoms with Crippen LogP contribution in [0.3, 0.4) is 0 Å². The first-order valence-corrected chi connectivity index (χ1v) is 6.32. The molecule has 5 nitrogen and oxygen atoms in total. The van der Waals surface area contributed by atoms with Gasteiger partial charge >= 0.3 is 0 Å². The molecule has 1 saturated heterocycles. The number of pyridine rings is 1. The van der Waals surface area contributed by atoms with Crippen molar-refractivity contribution in [2.75, 3.05) is 18.0 Å². The first-order chi connectivity index (χ1) is 8.18. The second-order valence-electron chi connectivity index (χ2n) is 3.70. The highest BCUT2D eigenvalue weighted by atomic mass is 32.2. The van der Waals surface area contributed by atoms with Crippen LogP contribution in [0, 0.1) is 0 Å². The number of anilines is 1. The summed E-state index contributed by atoms with van der Waals surface area (Å²) in [6, 6.07) is 1.83. The molecule has 1 aliphatic heterocycles. The third-order valence-corrected chi connectivity index (χ3v) is 3.61. The molecule has 0 aliphatic carbocycles. The fourth-order valence-corrected chi connectivity index (χ4v) is 2.51. The van der Waals surface area contributed by atoms with Crippen LogP contribution in [-0.2, 0) is 9.59 Å². The van der Waals surface area contributed by atoms with E-state index < -0.39 is 0 Å². The molecular formula is C11H13N3O2S. The number of amides is 2. The Balaban J connectivity index is 1.86. The Morgan fingerprint density at radius 3 is 2.71 bits per heavy atom. The van der Waals surface area contributed by atoms with E-state index in [2.05, 4.69) is 4.98 Å². The number of nitrogens with two attached hydrogens (primary N) is 1. The van der Waals surface area contributed by atoms with Gasteiger partial charge in [-0.15, -0.1) is 11.8 Å². The number of rotatable bonds is 4. The number of aromatic nitrogens is 1. The molecular weight excluding hydrogens is 238 g/mol. The molecule has 2 heterocycles. The first-order valence-electron chi connectivity index (χ1n) is 5.34. The molecule has 0 saturated carbocycles. The van der Waals surface area contributed by atoms with E-state index in [0.717, 1.165) is 4.90 Å². The van der Waals surface area contributed by atoms with Crippen LogP contribution in [0.1, 0.15) is 12.8 Å². The third kappa shape index (κ3) is 2.76. The van der Waals surface area contributed by atoms with E-state index in [0.29, 0.717) is 30.8 Å². The molecule has 0 spiro atoms. The molecule has 0 unspecified atom stereocenters. The Kier molecular flexibility index (Phi) is 3.63. The highest BCUT2D eigenvalue weighted by molar-refractivity contribution is 7.99. The summed E-state index contributed by atoms with van der Waals surface area (Å²) in [4.78, 5) is 28.9. The maximum absolute atomic E-state index is 11.4. The van der Waals surface area contributed by atoms with Gasteiger partial charge in [0.15, 0.2) is 0 Å². The van der Waals surface area contributed by atoms with Gasteiger partial charge in [-0.25, -0.2) is 0 Å². The molecule has 0 atom stereocenters. The van der Waals surface area contributed by atoms with Crippen molar-refractivity contribution >= 4 is 29.3 Å². The smallest absolute Gasteiger partial charge is 0.229 e. The van der Waals surface area contributed by atoms with Gasteiger partial charge in [-0.05, 0) is 6.07 Å². The molecule has 1 aromatic rings. The maximum Gasteiger partial charge on any atom is 0.229 e. The standard InChI is InChI=1S/C11H13N3O2S/c12-8-7-13-4-3-9(8)17-6-5-14-10(15)1-2-11(14)16/h3-4,7H,1-2,5-6,12H2. The lowest BCUT2D eigenvalue weighted by atomic mass is 10.4. The van der Waals surface area contributed by atoms with Gasteiger partial charge in [0, 0.05) is 36.2 Å². The van der Waals surface area contributed by atoms with Gasteiger partial charge in [0.25, 0.3) is 0 Å². The van der Waals surface area contributed by atoms with E-state index in [1.165, 1.54) is 16.7 Å². The van der Waals surface area contributed by atoms with Crippen molar-refractivity contribution in [1.82, 2.24) is 9.88 Å². The molecule has 17 heavy (non-hydrogen) atoms. The first kappa shape index (κ1) is 11.9. The molecule has 1 fully saturated rings. The molecule has 6 heteroatoms. The predicted molar refractivity (Wildman–Crippen MR) is 65.3 cm³/mol. The number of hydrogen-bond donors (Lipinski definition) is 1. The van der Waals surface area contributed by atoms with Crippen molar-refractivity contribution < 1.29 is 9.59 Å². The molecule has 0 aromatic carbocycles. The van der Waals surface area contributed by atoms with Gasteiger partial charge in [-0.3, -0.25) is 19.5 Å². The second kappa shape index (κ2) is 5.18. The van der Waals surface area contributed by atoms with Crippen LogP contribution in [0.15, 0.2) is 23.4 Å².